The van der Waals surface area contributed by atoms with E-state index in [1.54, 1.807) is 34.1 Å². The van der Waals surface area contributed by atoms with Gasteiger partial charge < -0.3 is 24.5 Å². The third kappa shape index (κ3) is 3.84. The van der Waals surface area contributed by atoms with E-state index in [-0.39, 0.29) is 37.4 Å². The molecule has 202 valence electrons. The zero-order valence-corrected chi connectivity index (χ0v) is 22.3. The number of fused-ring (bicyclic) bond motifs is 2. The van der Waals surface area contributed by atoms with Gasteiger partial charge >= 0.3 is 0 Å². The first-order chi connectivity index (χ1) is 18.8. The summed E-state index contributed by atoms with van der Waals surface area (Å²) in [7, 11) is 0. The van der Waals surface area contributed by atoms with Crippen LogP contribution in [0.1, 0.15) is 13.3 Å². The zero-order valence-electron chi connectivity index (χ0n) is 21.6. The number of rotatable bonds is 5. The average Bonchev–Trinajstić information content (AvgIpc) is 3.19. The van der Waals surface area contributed by atoms with Crippen molar-refractivity contribution in [3.8, 4) is 0 Å². The Labute approximate surface area is 232 Å². The van der Waals surface area contributed by atoms with Gasteiger partial charge in [0.2, 0.25) is 11.8 Å². The van der Waals surface area contributed by atoms with E-state index in [0.717, 1.165) is 5.69 Å². The number of halogens is 1. The number of aliphatic hydroxyl groups excluding tert-OH is 1. The monoisotopic (exact) mass is 547 g/mol. The minimum atomic E-state index is -1.36. The molecule has 1 spiro atoms. The van der Waals surface area contributed by atoms with Crippen molar-refractivity contribution in [3.63, 3.8) is 0 Å². The summed E-state index contributed by atoms with van der Waals surface area (Å²) in [6.45, 7) is 2.43. The molecule has 0 aliphatic carbocycles. The van der Waals surface area contributed by atoms with E-state index in [1.165, 1.54) is 4.90 Å². The highest BCUT2D eigenvalue weighted by Crippen LogP contribution is 2.57. The van der Waals surface area contributed by atoms with Gasteiger partial charge in [0.15, 0.2) is 0 Å². The van der Waals surface area contributed by atoms with Gasteiger partial charge in [-0.1, -0.05) is 66.2 Å². The molecule has 2 aromatic rings. The molecule has 0 bridgehead atoms. The van der Waals surface area contributed by atoms with Crippen molar-refractivity contribution >= 4 is 40.7 Å². The average molecular weight is 548 g/mol. The van der Waals surface area contributed by atoms with Gasteiger partial charge in [-0.05, 0) is 37.6 Å². The minimum Gasteiger partial charge on any atom is -0.396 e. The first kappa shape index (κ1) is 25.8. The quantitative estimate of drug-likeness (QED) is 0.581. The summed E-state index contributed by atoms with van der Waals surface area (Å²) in [5.41, 5.74) is -1.20. The van der Waals surface area contributed by atoms with E-state index in [2.05, 4.69) is 0 Å². The summed E-state index contributed by atoms with van der Waals surface area (Å²) in [6.07, 6.45) is 7.68. The third-order valence-corrected chi connectivity index (χ3v) is 8.64. The second-order valence-corrected chi connectivity index (χ2v) is 11.0. The maximum absolute atomic E-state index is 14.4. The Morgan fingerprint density at radius 3 is 2.33 bits per heavy atom. The van der Waals surface area contributed by atoms with Gasteiger partial charge in [-0.25, -0.2) is 0 Å². The van der Waals surface area contributed by atoms with E-state index in [0.29, 0.717) is 23.7 Å². The molecule has 2 saturated heterocycles. The lowest BCUT2D eigenvalue weighted by Crippen LogP contribution is -2.56. The van der Waals surface area contributed by atoms with Crippen LogP contribution in [0, 0.1) is 11.8 Å². The molecule has 0 radical (unpaired) electrons. The molecule has 4 aliphatic heterocycles. The second-order valence-electron chi connectivity index (χ2n) is 10.6. The van der Waals surface area contributed by atoms with Gasteiger partial charge in [0.05, 0.1) is 28.1 Å². The molecule has 2 fully saturated rings. The van der Waals surface area contributed by atoms with Crippen LogP contribution in [-0.4, -0.2) is 71.2 Å². The smallest absolute Gasteiger partial charge is 0.253 e. The predicted molar refractivity (Wildman–Crippen MR) is 147 cm³/mol. The van der Waals surface area contributed by atoms with Crippen LogP contribution in [0.2, 0.25) is 5.02 Å². The fourth-order valence-electron chi connectivity index (χ4n) is 6.73. The van der Waals surface area contributed by atoms with Gasteiger partial charge in [-0.15, -0.1) is 0 Å². The molecule has 6 rings (SSSR count). The number of para-hydroxylation sites is 2. The molecule has 0 aromatic heterocycles. The van der Waals surface area contributed by atoms with Crippen LogP contribution in [0.3, 0.4) is 0 Å². The molecule has 1 N–H and O–H groups in total. The van der Waals surface area contributed by atoms with Crippen LogP contribution >= 0.6 is 11.6 Å². The molecule has 5 atom stereocenters. The van der Waals surface area contributed by atoms with Crippen LogP contribution in [0.4, 0.5) is 11.4 Å². The summed E-state index contributed by atoms with van der Waals surface area (Å²) >= 11 is 6.49. The summed E-state index contributed by atoms with van der Waals surface area (Å²) < 4.78 is 6.82. The maximum atomic E-state index is 14.4. The number of anilines is 2. The highest BCUT2D eigenvalue weighted by atomic mass is 35.5. The fourth-order valence-corrected chi connectivity index (χ4v) is 6.97. The number of carbonyl (C=O) groups excluding carboxylic acids is 3. The maximum Gasteiger partial charge on any atom is 0.253 e. The molecule has 2 aromatic carbocycles. The van der Waals surface area contributed by atoms with E-state index >= 15 is 0 Å². The number of carbonyl (C=O) groups is 3. The largest absolute Gasteiger partial charge is 0.396 e. The van der Waals surface area contributed by atoms with Crippen molar-refractivity contribution in [3.05, 3.63) is 83.9 Å². The van der Waals surface area contributed by atoms with E-state index < -0.39 is 29.1 Å². The normalized spacial score (nSPS) is 31.7. The van der Waals surface area contributed by atoms with Crippen LogP contribution in [0.25, 0.3) is 0 Å². The van der Waals surface area contributed by atoms with E-state index in [4.69, 9.17) is 16.3 Å². The number of ether oxygens (including phenoxy) is 1. The number of benzene rings is 2. The molecular weight excluding hydrogens is 518 g/mol. The van der Waals surface area contributed by atoms with Gasteiger partial charge in [0.25, 0.3) is 5.91 Å². The molecule has 8 nitrogen and oxygen atoms in total. The van der Waals surface area contributed by atoms with Crippen molar-refractivity contribution in [1.82, 2.24) is 4.90 Å². The molecule has 4 aliphatic rings. The van der Waals surface area contributed by atoms with Crippen molar-refractivity contribution in [2.24, 2.45) is 11.8 Å². The number of amides is 3. The molecular formula is C30H30ClN3O5. The van der Waals surface area contributed by atoms with Gasteiger partial charge in [-0.3, -0.25) is 14.4 Å². The summed E-state index contributed by atoms with van der Waals surface area (Å²) in [5.74, 6) is -2.65. The van der Waals surface area contributed by atoms with Crippen molar-refractivity contribution < 1.29 is 24.2 Å². The molecule has 4 heterocycles. The van der Waals surface area contributed by atoms with Crippen LogP contribution in [-0.2, 0) is 19.1 Å². The zero-order chi connectivity index (χ0) is 27.4. The summed E-state index contributed by atoms with van der Waals surface area (Å²) in [6, 6.07) is 15.4. The van der Waals surface area contributed by atoms with Crippen molar-refractivity contribution in [1.29, 1.82) is 0 Å². The van der Waals surface area contributed by atoms with Crippen LogP contribution < -0.4 is 9.80 Å². The lowest BCUT2D eigenvalue weighted by Gasteiger charge is -2.37. The second kappa shape index (κ2) is 9.62. The topological polar surface area (TPSA) is 90.4 Å². The fraction of sp³-hybridized carbons (Fsp3) is 0.367. The van der Waals surface area contributed by atoms with Crippen molar-refractivity contribution in [2.45, 2.75) is 30.6 Å². The number of hydrogen-bond donors (Lipinski definition) is 1. The van der Waals surface area contributed by atoms with Gasteiger partial charge in [-0.2, -0.15) is 0 Å². The third-order valence-electron chi connectivity index (χ3n) is 8.33. The Bertz CT molecular complexity index is 1380. The van der Waals surface area contributed by atoms with Crippen molar-refractivity contribution in [2.75, 3.05) is 36.0 Å². The first-order valence-electron chi connectivity index (χ1n) is 13.2. The Morgan fingerprint density at radius 1 is 0.897 bits per heavy atom. The van der Waals surface area contributed by atoms with Gasteiger partial charge in [0.1, 0.15) is 11.6 Å². The Morgan fingerprint density at radius 2 is 1.59 bits per heavy atom. The SMILES string of the molecule is C[C@@]12C=CCN(c3ccccc3)C(=O)[C@@H]1[C@H]1C(=O)N(CCCO)C3C(=O)N(c4ccccc4Cl)CC=C[C@@]31O2. The number of hydrogen-bond acceptors (Lipinski definition) is 5. The number of nitrogens with zero attached hydrogens (tertiary/aromatic N) is 3. The first-order valence-corrected chi connectivity index (χ1v) is 13.6. The highest BCUT2D eigenvalue weighted by molar-refractivity contribution is 6.34. The highest BCUT2D eigenvalue weighted by Gasteiger charge is 2.74. The van der Waals surface area contributed by atoms with E-state index in [1.807, 2.05) is 61.6 Å². The lowest BCUT2D eigenvalue weighted by atomic mass is 9.74. The number of likely N-dealkylation sites (tertiary alicyclic amines) is 1. The molecule has 39 heavy (non-hydrogen) atoms. The van der Waals surface area contributed by atoms with Gasteiger partial charge in [0, 0.05) is 31.9 Å². The lowest BCUT2D eigenvalue weighted by molar-refractivity contribution is -0.144. The Kier molecular flexibility index (Phi) is 6.37. The standard InChI is InChI=1S/C30H30ClN3O5/c1-29-14-7-16-32(20-10-3-2-4-11-20)26(36)23(29)24-27(37)34(18-9-19-35)25-28(38)33(17-8-15-30(24,25)39-29)22-13-6-5-12-21(22)31/h2-8,10-15,23-25,35H,9,16-19H2,1H3/t23-,24-,25?,29+,30-/m0/s1. The minimum absolute atomic E-state index is 0.141. The number of aliphatic hydroxyl groups is 1. The molecule has 0 saturated carbocycles. The molecule has 1 unspecified atom stereocenters. The Balaban J connectivity index is 1.48. The Hall–Kier alpha value is -3.46. The van der Waals surface area contributed by atoms with E-state index in [9.17, 15) is 19.5 Å². The summed E-state index contributed by atoms with van der Waals surface area (Å²) in [5, 5.41) is 10.0. The molecule has 9 heteroatoms. The molecule has 3 amide bonds. The van der Waals surface area contributed by atoms with Crippen LogP contribution in [0.15, 0.2) is 78.9 Å². The van der Waals surface area contributed by atoms with Crippen LogP contribution in [0.5, 0.6) is 0 Å². The summed E-state index contributed by atoms with van der Waals surface area (Å²) in [4.78, 5) is 47.6. The predicted octanol–water partition coefficient (Wildman–Crippen LogP) is 3.20.